The quantitative estimate of drug-likeness (QED) is 0.849. The van der Waals surface area contributed by atoms with Gasteiger partial charge in [0, 0.05) is 38.8 Å². The van der Waals surface area contributed by atoms with E-state index in [1.54, 1.807) is 18.4 Å². The van der Waals surface area contributed by atoms with Gasteiger partial charge in [0.25, 0.3) is 0 Å². The van der Waals surface area contributed by atoms with E-state index in [9.17, 15) is 0 Å². The summed E-state index contributed by atoms with van der Waals surface area (Å²) in [5.41, 5.74) is 1.21. The maximum absolute atomic E-state index is 6.22. The summed E-state index contributed by atoms with van der Waals surface area (Å²) in [6.07, 6.45) is 1.03. The molecule has 0 bridgehead atoms. The van der Waals surface area contributed by atoms with Crippen LogP contribution in [-0.2, 0) is 0 Å². The molecule has 0 amide bonds. The molecule has 21 heavy (non-hydrogen) atoms. The molecule has 1 aliphatic heterocycles. The number of hydrogen-bond donors (Lipinski definition) is 1. The van der Waals surface area contributed by atoms with Crippen molar-refractivity contribution in [1.29, 1.82) is 0 Å². The van der Waals surface area contributed by atoms with Gasteiger partial charge in [0.05, 0.1) is 7.11 Å². The van der Waals surface area contributed by atoms with Crippen molar-refractivity contribution in [3.05, 3.63) is 44.6 Å². The molecule has 2 heterocycles. The second-order valence-corrected chi connectivity index (χ2v) is 6.88. The average molecular weight is 368 g/mol. The van der Waals surface area contributed by atoms with E-state index >= 15 is 0 Å². The molecule has 0 radical (unpaired) electrons. The second-order valence-electron chi connectivity index (χ2n) is 5.02. The minimum Gasteiger partial charge on any atom is -0.497 e. The molecule has 3 rings (SSSR count). The van der Waals surface area contributed by atoms with Gasteiger partial charge in [0.15, 0.2) is 0 Å². The summed E-state index contributed by atoms with van der Waals surface area (Å²) in [5, 5.41) is 5.66. The first-order valence-electron chi connectivity index (χ1n) is 7.03. The summed E-state index contributed by atoms with van der Waals surface area (Å²) in [7, 11) is 1.68. The maximum Gasteiger partial charge on any atom is 0.135 e. The van der Waals surface area contributed by atoms with Crippen LogP contribution in [0.15, 0.2) is 34.1 Å². The minimum atomic E-state index is 0.0879. The molecule has 0 spiro atoms. The molecular weight excluding hydrogens is 350 g/mol. The van der Waals surface area contributed by atoms with Crippen LogP contribution in [0.4, 0.5) is 0 Å². The van der Waals surface area contributed by atoms with Crippen LogP contribution in [0.3, 0.4) is 0 Å². The van der Waals surface area contributed by atoms with Gasteiger partial charge >= 0.3 is 0 Å². The first kappa shape index (κ1) is 14.9. The summed E-state index contributed by atoms with van der Waals surface area (Å²) < 4.78 is 12.6. The normalized spacial score (nSPS) is 20.7. The molecule has 2 unspecified atom stereocenters. The zero-order chi connectivity index (χ0) is 14.8. The predicted octanol–water partition coefficient (Wildman–Crippen LogP) is 4.69. The van der Waals surface area contributed by atoms with Gasteiger partial charge in [-0.2, -0.15) is 0 Å². The highest BCUT2D eigenvalue weighted by atomic mass is 79.9. The predicted molar refractivity (Wildman–Crippen MR) is 89.4 cm³/mol. The Kier molecular flexibility index (Phi) is 4.52. The van der Waals surface area contributed by atoms with Gasteiger partial charge in [0.1, 0.15) is 17.6 Å². The Morgan fingerprint density at radius 2 is 2.29 bits per heavy atom. The van der Waals surface area contributed by atoms with Crippen LogP contribution in [-0.4, -0.2) is 13.7 Å². The van der Waals surface area contributed by atoms with Crippen LogP contribution >= 0.6 is 27.3 Å². The highest BCUT2D eigenvalue weighted by Crippen LogP contribution is 2.43. The Balaban J connectivity index is 1.94. The van der Waals surface area contributed by atoms with Crippen LogP contribution in [0, 0.1) is 0 Å². The molecule has 1 aliphatic rings. The van der Waals surface area contributed by atoms with Gasteiger partial charge < -0.3 is 14.8 Å². The number of ether oxygens (including phenoxy) is 2. The summed E-state index contributed by atoms with van der Waals surface area (Å²) >= 11 is 5.25. The van der Waals surface area contributed by atoms with Crippen molar-refractivity contribution in [3.63, 3.8) is 0 Å². The summed E-state index contributed by atoms with van der Waals surface area (Å²) in [6.45, 7) is 3.08. The lowest BCUT2D eigenvalue weighted by atomic mass is 9.95. The molecule has 0 aliphatic carbocycles. The minimum absolute atomic E-state index is 0.0879. The van der Waals surface area contributed by atoms with E-state index in [1.807, 2.05) is 12.1 Å². The third-order valence-corrected chi connectivity index (χ3v) is 5.46. The lowest BCUT2D eigenvalue weighted by Crippen LogP contribution is -2.28. The van der Waals surface area contributed by atoms with Gasteiger partial charge in [-0.15, -0.1) is 11.3 Å². The van der Waals surface area contributed by atoms with Gasteiger partial charge in [-0.05, 0) is 34.6 Å². The lowest BCUT2D eigenvalue weighted by Gasteiger charge is -2.32. The number of rotatable bonds is 4. The van der Waals surface area contributed by atoms with Crippen molar-refractivity contribution in [2.75, 3.05) is 13.7 Å². The van der Waals surface area contributed by atoms with Gasteiger partial charge in [-0.1, -0.05) is 13.0 Å². The van der Waals surface area contributed by atoms with Crippen LogP contribution in [0.25, 0.3) is 0 Å². The first-order chi connectivity index (χ1) is 10.2. The zero-order valence-electron chi connectivity index (χ0n) is 12.1. The van der Waals surface area contributed by atoms with Crippen LogP contribution in [0.1, 0.15) is 35.9 Å². The highest BCUT2D eigenvalue weighted by molar-refractivity contribution is 9.10. The smallest absolute Gasteiger partial charge is 0.135 e. The summed E-state index contributed by atoms with van der Waals surface area (Å²) in [6, 6.07) is 8.53. The molecular formula is C16H18BrNO2S. The molecule has 1 N–H and O–H groups in total. The number of fused-ring (bicyclic) bond motifs is 1. The highest BCUT2D eigenvalue weighted by Gasteiger charge is 2.30. The maximum atomic E-state index is 6.22. The zero-order valence-corrected chi connectivity index (χ0v) is 14.5. The molecule has 3 nitrogen and oxygen atoms in total. The molecule has 1 aromatic carbocycles. The molecule has 0 saturated carbocycles. The summed E-state index contributed by atoms with van der Waals surface area (Å²) in [4.78, 5) is 1.25. The van der Waals surface area contributed by atoms with Gasteiger partial charge in [-0.25, -0.2) is 0 Å². The largest absolute Gasteiger partial charge is 0.497 e. The SMILES string of the molecule is CCNC1CC(c2cc(Br)cs2)Oc2cc(OC)ccc21. The van der Waals surface area contributed by atoms with E-state index in [1.165, 1.54) is 10.4 Å². The van der Waals surface area contributed by atoms with E-state index in [0.29, 0.717) is 6.04 Å². The number of benzene rings is 1. The monoisotopic (exact) mass is 367 g/mol. The second kappa shape index (κ2) is 6.38. The first-order valence-corrected chi connectivity index (χ1v) is 8.70. The van der Waals surface area contributed by atoms with E-state index in [4.69, 9.17) is 9.47 Å². The third-order valence-electron chi connectivity index (χ3n) is 3.67. The fourth-order valence-corrected chi connectivity index (χ4v) is 4.17. The van der Waals surface area contributed by atoms with Crippen molar-refractivity contribution in [2.45, 2.75) is 25.5 Å². The van der Waals surface area contributed by atoms with E-state index in [-0.39, 0.29) is 6.10 Å². The lowest BCUT2D eigenvalue weighted by molar-refractivity contribution is 0.154. The van der Waals surface area contributed by atoms with Crippen LogP contribution < -0.4 is 14.8 Å². The third kappa shape index (κ3) is 3.10. The Hall–Kier alpha value is -1.04. The van der Waals surface area contributed by atoms with Crippen molar-refractivity contribution in [3.8, 4) is 11.5 Å². The fraction of sp³-hybridized carbons (Fsp3) is 0.375. The standard InChI is InChI=1S/C16H18BrNO2S/c1-3-18-13-8-15(16-6-10(17)9-21-16)20-14-7-11(19-2)4-5-12(13)14/h4-7,9,13,15,18H,3,8H2,1-2H3. The molecule has 0 saturated heterocycles. The fourth-order valence-electron chi connectivity index (χ4n) is 2.69. The number of halogens is 1. The number of hydrogen-bond acceptors (Lipinski definition) is 4. The Bertz CT molecular complexity index is 628. The molecule has 0 fully saturated rings. The van der Waals surface area contributed by atoms with Crippen molar-refractivity contribution in [2.24, 2.45) is 0 Å². The van der Waals surface area contributed by atoms with Crippen LogP contribution in [0.2, 0.25) is 0 Å². The Morgan fingerprint density at radius 3 is 2.95 bits per heavy atom. The Labute approximate surface area is 137 Å². The molecule has 5 heteroatoms. The number of thiophene rings is 1. The van der Waals surface area contributed by atoms with Crippen LogP contribution in [0.5, 0.6) is 11.5 Å². The van der Waals surface area contributed by atoms with E-state index in [2.05, 4.69) is 45.7 Å². The van der Waals surface area contributed by atoms with Crippen molar-refractivity contribution in [1.82, 2.24) is 5.32 Å². The topological polar surface area (TPSA) is 30.5 Å². The van der Waals surface area contributed by atoms with Crippen molar-refractivity contribution < 1.29 is 9.47 Å². The van der Waals surface area contributed by atoms with Crippen molar-refractivity contribution >= 4 is 27.3 Å². The van der Waals surface area contributed by atoms with E-state index in [0.717, 1.165) is 28.9 Å². The Morgan fingerprint density at radius 1 is 1.43 bits per heavy atom. The average Bonchev–Trinajstić information content (AvgIpc) is 2.93. The molecule has 1 aromatic heterocycles. The number of nitrogens with one attached hydrogen (secondary N) is 1. The molecule has 112 valence electrons. The van der Waals surface area contributed by atoms with Gasteiger partial charge in [0.2, 0.25) is 0 Å². The number of methoxy groups -OCH3 is 1. The van der Waals surface area contributed by atoms with E-state index < -0.39 is 0 Å². The van der Waals surface area contributed by atoms with Gasteiger partial charge in [-0.3, -0.25) is 0 Å². The molecule has 2 aromatic rings. The summed E-state index contributed by atoms with van der Waals surface area (Å²) in [5.74, 6) is 1.75. The molecule has 2 atom stereocenters.